The van der Waals surface area contributed by atoms with E-state index in [0.29, 0.717) is 19.4 Å². The molecule has 5 aromatic rings. The first-order chi connectivity index (χ1) is 19.7. The summed E-state index contributed by atoms with van der Waals surface area (Å²) in [6.07, 6.45) is 0.392. The molecule has 8 nitrogen and oxygen atoms in total. The number of fused-ring (bicyclic) bond motifs is 2. The highest BCUT2D eigenvalue weighted by Gasteiger charge is 2.40. The van der Waals surface area contributed by atoms with Gasteiger partial charge in [0.1, 0.15) is 17.6 Å². The third-order valence-corrected chi connectivity index (χ3v) is 11.7. The molecule has 2 aromatic carbocycles. The van der Waals surface area contributed by atoms with Crippen LogP contribution in [0, 0.1) is 6.28 Å². The Labute approximate surface area is 268 Å². The fraction of sp³-hybridized carbons (Fsp3) is 0.250. The molecule has 220 valence electrons. The number of hydrogen-bond acceptors (Lipinski definition) is 14. The van der Waals surface area contributed by atoms with Gasteiger partial charge in [-0.1, -0.05) is 48.7 Å². The van der Waals surface area contributed by atoms with Crippen molar-refractivity contribution in [2.24, 2.45) is 0 Å². The standard InChI is InChI=1S/C14H12N2OS3.C8H8O3S3.C6H8N2/c1-14(2,17)12-11(19-13(18)20-12)10-7-15-8-5-3-4-6-9(8)16-10;1-8(2)5-4(13-7(12)14-5)3(9)6(10)11-8;7-5-3-1-2-4-6(5)8/h3-7,17H,1-2H3;6,10H,1-2H3;1-4H,7-8H2. The zero-order chi connectivity index (χ0) is 30.8. The Kier molecular flexibility index (Phi) is 10.0. The topological polar surface area (TPSA) is 145 Å². The number of para-hydroxylation sites is 4. The van der Waals surface area contributed by atoms with Gasteiger partial charge in [-0.2, -0.15) is 0 Å². The molecule has 1 aliphatic rings. The summed E-state index contributed by atoms with van der Waals surface area (Å²) in [6.45, 7) is 7.16. The summed E-state index contributed by atoms with van der Waals surface area (Å²) >= 11 is 15.8. The van der Waals surface area contributed by atoms with Gasteiger partial charge >= 0.3 is 0 Å². The minimum atomic E-state index is -1.35. The van der Waals surface area contributed by atoms with Gasteiger partial charge in [0.2, 0.25) is 12.1 Å². The van der Waals surface area contributed by atoms with Gasteiger partial charge in [-0.05, 0) is 52.0 Å². The second kappa shape index (κ2) is 13.0. The number of Topliss-reactive ketones (excluding diaryl/α,β-unsaturated/α-hetero) is 1. The van der Waals surface area contributed by atoms with Crippen LogP contribution in [0.15, 0.2) is 54.7 Å². The summed E-state index contributed by atoms with van der Waals surface area (Å²) in [5.41, 5.74) is 13.0. The number of anilines is 2. The lowest BCUT2D eigenvalue weighted by molar-refractivity contribution is -0.155. The highest BCUT2D eigenvalue weighted by Crippen LogP contribution is 2.42. The fourth-order valence-electron chi connectivity index (χ4n) is 3.77. The molecule has 3 aromatic heterocycles. The van der Waals surface area contributed by atoms with Gasteiger partial charge < -0.3 is 26.4 Å². The average Bonchev–Trinajstić information content (AvgIpc) is 3.53. The number of carbonyl (C=O) groups excluding carboxylic acids is 1. The number of aliphatic hydroxyl groups excluding tert-OH is 1. The number of nitrogens with two attached hydrogens (primary N) is 2. The SMILES string of the molecule is CC(C)(O)c1sc(=S)sc1-c1cnc2ccccc2n1.CC1(C)OC(O)C(=O)c2sc(=S)sc21.Nc1ccccc1N. The molecule has 42 heavy (non-hydrogen) atoms. The van der Waals surface area contributed by atoms with Gasteiger partial charge in [0.25, 0.3) is 0 Å². The monoisotopic (exact) mass is 676 g/mol. The zero-order valence-electron chi connectivity index (χ0n) is 23.0. The van der Waals surface area contributed by atoms with Gasteiger partial charge in [-0.3, -0.25) is 9.78 Å². The van der Waals surface area contributed by atoms with E-state index in [4.69, 9.17) is 40.6 Å². The Morgan fingerprint density at radius 1 is 0.905 bits per heavy atom. The van der Waals surface area contributed by atoms with Crippen LogP contribution in [-0.4, -0.2) is 32.3 Å². The van der Waals surface area contributed by atoms with Crippen molar-refractivity contribution in [2.75, 3.05) is 11.5 Å². The first-order valence-electron chi connectivity index (χ1n) is 12.4. The molecular formula is C28H28N4O4S6. The zero-order valence-corrected chi connectivity index (χ0v) is 27.9. The van der Waals surface area contributed by atoms with E-state index in [2.05, 4.69) is 9.97 Å². The van der Waals surface area contributed by atoms with E-state index in [9.17, 15) is 15.0 Å². The lowest BCUT2D eigenvalue weighted by Crippen LogP contribution is -2.38. The van der Waals surface area contributed by atoms with E-state index in [1.165, 1.54) is 45.3 Å². The molecule has 0 radical (unpaired) electrons. The van der Waals surface area contributed by atoms with E-state index in [-0.39, 0.29) is 5.78 Å². The van der Waals surface area contributed by atoms with Gasteiger partial charge in [0.15, 0.2) is 0 Å². The molecule has 0 fully saturated rings. The Morgan fingerprint density at radius 2 is 1.45 bits per heavy atom. The normalized spacial score (nSPS) is 15.7. The maximum absolute atomic E-state index is 11.5. The van der Waals surface area contributed by atoms with Crippen LogP contribution >= 0.6 is 69.8 Å². The predicted octanol–water partition coefficient (Wildman–Crippen LogP) is 7.53. The number of rotatable bonds is 2. The summed E-state index contributed by atoms with van der Waals surface area (Å²) in [5.74, 6) is -0.378. The smallest absolute Gasteiger partial charge is 0.229 e. The molecule has 0 saturated heterocycles. The number of carbonyl (C=O) groups is 1. The first-order valence-corrected chi connectivity index (χ1v) is 16.5. The van der Waals surface area contributed by atoms with E-state index < -0.39 is 17.5 Å². The van der Waals surface area contributed by atoms with Crippen LogP contribution in [0.2, 0.25) is 0 Å². The van der Waals surface area contributed by atoms with Gasteiger partial charge in [0.05, 0.1) is 53.7 Å². The lowest BCUT2D eigenvalue weighted by atomic mass is 10.0. The number of hydrogen-bond donors (Lipinski definition) is 4. The third-order valence-electron chi connectivity index (χ3n) is 5.79. The Balaban J connectivity index is 0.000000159. The maximum Gasteiger partial charge on any atom is 0.229 e. The van der Waals surface area contributed by atoms with Crippen LogP contribution in [0.5, 0.6) is 0 Å². The second-order valence-corrected chi connectivity index (χ2v) is 16.5. The van der Waals surface area contributed by atoms with E-state index in [0.717, 1.165) is 34.5 Å². The van der Waals surface area contributed by atoms with Gasteiger partial charge in [-0.25, -0.2) is 4.98 Å². The molecule has 1 unspecified atom stereocenters. The van der Waals surface area contributed by atoms with Crippen LogP contribution in [-0.2, 0) is 15.9 Å². The molecule has 1 atom stereocenters. The van der Waals surface area contributed by atoms with Gasteiger partial charge in [0, 0.05) is 0 Å². The van der Waals surface area contributed by atoms with Crippen molar-refractivity contribution in [2.45, 2.75) is 45.2 Å². The number of benzene rings is 2. The molecule has 6 N–H and O–H groups in total. The summed E-state index contributed by atoms with van der Waals surface area (Å²) in [4.78, 5) is 23.7. The first kappa shape index (κ1) is 32.4. The summed E-state index contributed by atoms with van der Waals surface area (Å²) in [6, 6.07) is 15.0. The molecular weight excluding hydrogens is 649 g/mol. The number of nitrogen functional groups attached to an aromatic ring is 2. The van der Waals surface area contributed by atoms with Crippen LogP contribution < -0.4 is 11.5 Å². The molecule has 0 amide bonds. The quantitative estimate of drug-likeness (QED) is 0.109. The lowest BCUT2D eigenvalue weighted by Gasteiger charge is -2.31. The van der Waals surface area contributed by atoms with Crippen molar-refractivity contribution in [3.05, 3.63) is 75.6 Å². The molecule has 6 rings (SSSR count). The molecule has 0 spiro atoms. The number of aromatic nitrogens is 2. The van der Waals surface area contributed by atoms with Crippen molar-refractivity contribution in [1.82, 2.24) is 9.97 Å². The highest BCUT2D eigenvalue weighted by molar-refractivity contribution is 7.76. The maximum atomic E-state index is 11.5. The number of ketones is 1. The molecule has 1 aliphatic heterocycles. The molecule has 4 heterocycles. The summed E-state index contributed by atoms with van der Waals surface area (Å²) in [5, 5.41) is 19.7. The number of ether oxygens (including phenoxy) is 1. The van der Waals surface area contributed by atoms with Crippen molar-refractivity contribution >= 4 is 98.0 Å². The van der Waals surface area contributed by atoms with Crippen LogP contribution in [0.1, 0.15) is 47.1 Å². The van der Waals surface area contributed by atoms with Crippen molar-refractivity contribution in [1.29, 1.82) is 0 Å². The van der Waals surface area contributed by atoms with Crippen molar-refractivity contribution < 1.29 is 19.7 Å². The van der Waals surface area contributed by atoms with E-state index in [1.807, 2.05) is 50.2 Å². The Bertz CT molecular complexity index is 1830. The average molecular weight is 677 g/mol. The summed E-state index contributed by atoms with van der Waals surface area (Å²) < 4.78 is 6.68. The highest BCUT2D eigenvalue weighted by atomic mass is 32.2. The second-order valence-electron chi connectivity index (χ2n) is 10.0. The number of nitrogens with zero attached hydrogens (tertiary/aromatic N) is 2. The largest absolute Gasteiger partial charge is 0.397 e. The fourth-order valence-corrected chi connectivity index (χ4v) is 9.29. The van der Waals surface area contributed by atoms with E-state index in [1.54, 1.807) is 32.2 Å². The third kappa shape index (κ3) is 7.51. The molecule has 0 saturated carbocycles. The Morgan fingerprint density at radius 3 is 2.05 bits per heavy atom. The number of aliphatic hydroxyl groups is 2. The van der Waals surface area contributed by atoms with E-state index >= 15 is 0 Å². The minimum Gasteiger partial charge on any atom is -0.397 e. The van der Waals surface area contributed by atoms with Crippen LogP contribution in [0.4, 0.5) is 11.4 Å². The summed E-state index contributed by atoms with van der Waals surface area (Å²) in [7, 11) is 0. The molecule has 14 heteroatoms. The van der Waals surface area contributed by atoms with Crippen LogP contribution in [0.25, 0.3) is 21.6 Å². The minimum absolute atomic E-state index is 0.378. The predicted molar refractivity (Wildman–Crippen MR) is 180 cm³/mol. The molecule has 0 aliphatic carbocycles. The van der Waals surface area contributed by atoms with Crippen LogP contribution in [0.3, 0.4) is 0 Å². The van der Waals surface area contributed by atoms with Crippen molar-refractivity contribution in [3.63, 3.8) is 0 Å². The molecule has 0 bridgehead atoms. The Hall–Kier alpha value is -2.53. The van der Waals surface area contributed by atoms with Crippen molar-refractivity contribution in [3.8, 4) is 10.6 Å². The van der Waals surface area contributed by atoms with Gasteiger partial charge in [-0.15, -0.1) is 45.3 Å².